The number of fused-ring (bicyclic) bond motifs is 1. The summed E-state index contributed by atoms with van der Waals surface area (Å²) in [5.74, 6) is -0.493. The molecule has 0 unspecified atom stereocenters. The number of methoxy groups -OCH3 is 1. The minimum Gasteiger partial charge on any atom is -0.466 e. The lowest BCUT2D eigenvalue weighted by Crippen LogP contribution is -2.39. The van der Waals surface area contributed by atoms with Gasteiger partial charge in [-0.05, 0) is 36.3 Å². The second-order valence-electron chi connectivity index (χ2n) is 6.54. The van der Waals surface area contributed by atoms with Crippen LogP contribution in [0.15, 0.2) is 75.7 Å². The van der Waals surface area contributed by atoms with E-state index >= 15 is 0 Å². The van der Waals surface area contributed by atoms with Crippen LogP contribution in [0, 0.1) is 0 Å². The number of allylic oxidation sites excluding steroid dienone is 1. The predicted molar refractivity (Wildman–Crippen MR) is 114 cm³/mol. The highest BCUT2D eigenvalue weighted by atomic mass is 35.5. The van der Waals surface area contributed by atoms with E-state index in [0.29, 0.717) is 25.6 Å². The normalized spacial score (nSPS) is 16.4. The van der Waals surface area contributed by atoms with Crippen LogP contribution in [0.2, 0.25) is 5.02 Å². The Balaban J connectivity index is 1.97. The molecule has 1 atom stereocenters. The number of benzene rings is 2. The molecule has 7 heteroatoms. The summed E-state index contributed by atoms with van der Waals surface area (Å²) in [5, 5.41) is 0.631. The van der Waals surface area contributed by atoms with E-state index in [9.17, 15) is 9.59 Å². The number of esters is 1. The number of carbonyl (C=O) groups excluding carboxylic acids is 1. The van der Waals surface area contributed by atoms with E-state index < -0.39 is 12.0 Å². The molecule has 0 fully saturated rings. The second kappa shape index (κ2) is 7.81. The molecule has 4 rings (SSSR count). The number of carbonyl (C=O) groups is 1. The Morgan fingerprint density at radius 3 is 2.52 bits per heavy atom. The van der Waals surface area contributed by atoms with Crippen LogP contribution in [0.4, 0.5) is 0 Å². The summed E-state index contributed by atoms with van der Waals surface area (Å²) < 4.78 is 7.10. The Morgan fingerprint density at radius 1 is 1.17 bits per heavy atom. The Morgan fingerprint density at radius 2 is 1.86 bits per heavy atom. The Labute approximate surface area is 175 Å². The van der Waals surface area contributed by atoms with Crippen LogP contribution in [-0.4, -0.2) is 17.6 Å². The maximum atomic E-state index is 13.3. The molecule has 5 nitrogen and oxygen atoms in total. The van der Waals surface area contributed by atoms with E-state index in [1.54, 1.807) is 29.7 Å². The van der Waals surface area contributed by atoms with E-state index in [1.165, 1.54) is 18.4 Å². The molecule has 0 saturated carbocycles. The zero-order valence-electron chi connectivity index (χ0n) is 15.8. The lowest BCUT2D eigenvalue weighted by molar-refractivity contribution is -0.136. The highest BCUT2D eigenvalue weighted by molar-refractivity contribution is 7.07. The first-order chi connectivity index (χ1) is 14.0. The van der Waals surface area contributed by atoms with Gasteiger partial charge in [0, 0.05) is 5.02 Å². The lowest BCUT2D eigenvalue weighted by Gasteiger charge is -2.24. The molecule has 0 radical (unpaired) electrons. The fraction of sp³-hybridized carbons (Fsp3) is 0.136. The lowest BCUT2D eigenvalue weighted by atomic mass is 9.96. The fourth-order valence-electron chi connectivity index (χ4n) is 3.35. The van der Waals surface area contributed by atoms with Gasteiger partial charge in [-0.3, -0.25) is 9.36 Å². The molecule has 0 N–H and O–H groups in total. The molecule has 0 amide bonds. The number of thiazole rings is 1. The summed E-state index contributed by atoms with van der Waals surface area (Å²) >= 11 is 7.24. The Kier molecular flexibility index (Phi) is 5.22. The number of ether oxygens (including phenoxy) is 1. The molecule has 1 aromatic heterocycles. The van der Waals surface area contributed by atoms with Gasteiger partial charge >= 0.3 is 5.97 Å². The zero-order chi connectivity index (χ0) is 20.5. The maximum Gasteiger partial charge on any atom is 0.338 e. The van der Waals surface area contributed by atoms with Crippen molar-refractivity contribution >= 4 is 35.0 Å². The van der Waals surface area contributed by atoms with Crippen molar-refractivity contribution in [3.05, 3.63) is 102 Å². The summed E-state index contributed by atoms with van der Waals surface area (Å²) in [5.41, 5.74) is 2.39. The SMILES string of the molecule is COC(=O)C1=C(C)N=c2s/c(=C\c3ccc(Cl)cc3)c(=O)n2[C@@H]1c1ccccc1. The van der Waals surface area contributed by atoms with Crippen molar-refractivity contribution in [2.24, 2.45) is 4.99 Å². The third-order valence-corrected chi connectivity index (χ3v) is 5.94. The van der Waals surface area contributed by atoms with Crippen molar-refractivity contribution in [1.82, 2.24) is 4.57 Å². The molecule has 2 aromatic carbocycles. The first-order valence-corrected chi connectivity index (χ1v) is 10.1. The van der Waals surface area contributed by atoms with E-state index in [0.717, 1.165) is 11.1 Å². The number of hydrogen-bond donors (Lipinski definition) is 0. The number of hydrogen-bond acceptors (Lipinski definition) is 5. The zero-order valence-corrected chi connectivity index (χ0v) is 17.3. The van der Waals surface area contributed by atoms with E-state index in [4.69, 9.17) is 16.3 Å². The summed E-state index contributed by atoms with van der Waals surface area (Å²) in [6, 6.07) is 16.1. The van der Waals surface area contributed by atoms with Gasteiger partial charge in [0.15, 0.2) is 4.80 Å². The first kappa shape index (κ1) is 19.4. The van der Waals surface area contributed by atoms with Gasteiger partial charge < -0.3 is 4.74 Å². The minimum atomic E-state index is -0.590. The molecular weight excluding hydrogens is 408 g/mol. The van der Waals surface area contributed by atoms with Crippen LogP contribution in [0.3, 0.4) is 0 Å². The highest BCUT2D eigenvalue weighted by Gasteiger charge is 2.32. The van der Waals surface area contributed by atoms with Crippen LogP contribution in [0.25, 0.3) is 6.08 Å². The van der Waals surface area contributed by atoms with Crippen molar-refractivity contribution in [2.75, 3.05) is 7.11 Å². The summed E-state index contributed by atoms with van der Waals surface area (Å²) in [6.45, 7) is 1.76. The van der Waals surface area contributed by atoms with Gasteiger partial charge in [0.25, 0.3) is 5.56 Å². The smallest absolute Gasteiger partial charge is 0.338 e. The van der Waals surface area contributed by atoms with Crippen molar-refractivity contribution in [3.8, 4) is 0 Å². The van der Waals surface area contributed by atoms with Gasteiger partial charge in [0.05, 0.1) is 29.0 Å². The molecule has 29 heavy (non-hydrogen) atoms. The molecule has 0 aliphatic carbocycles. The van der Waals surface area contributed by atoms with Crippen LogP contribution >= 0.6 is 22.9 Å². The first-order valence-electron chi connectivity index (χ1n) is 8.91. The van der Waals surface area contributed by atoms with Crippen molar-refractivity contribution in [2.45, 2.75) is 13.0 Å². The summed E-state index contributed by atoms with van der Waals surface area (Å²) in [6.07, 6.45) is 1.80. The predicted octanol–water partition coefficient (Wildman–Crippen LogP) is 3.06. The monoisotopic (exact) mass is 424 g/mol. The molecule has 0 saturated heterocycles. The van der Waals surface area contributed by atoms with Crippen LogP contribution < -0.4 is 14.9 Å². The average molecular weight is 425 g/mol. The number of rotatable bonds is 3. The van der Waals surface area contributed by atoms with Gasteiger partial charge in [-0.2, -0.15) is 0 Å². The third-order valence-electron chi connectivity index (χ3n) is 4.71. The topological polar surface area (TPSA) is 60.7 Å². The molecule has 1 aliphatic heterocycles. The van der Waals surface area contributed by atoms with Gasteiger partial charge in [-0.25, -0.2) is 9.79 Å². The molecule has 2 heterocycles. The van der Waals surface area contributed by atoms with E-state index in [-0.39, 0.29) is 5.56 Å². The maximum absolute atomic E-state index is 13.3. The standard InChI is InChI=1S/C22H17ClN2O3S/c1-13-18(21(27)28-2)19(15-6-4-3-5-7-15)25-20(26)17(29-22(25)24-13)12-14-8-10-16(23)11-9-14/h3-12,19H,1-2H3/b17-12-/t19-/m1/s1. The van der Waals surface area contributed by atoms with Crippen molar-refractivity contribution < 1.29 is 9.53 Å². The van der Waals surface area contributed by atoms with Crippen LogP contribution in [0.1, 0.15) is 24.1 Å². The van der Waals surface area contributed by atoms with Gasteiger partial charge in [0.1, 0.15) is 0 Å². The second-order valence-corrected chi connectivity index (χ2v) is 7.98. The van der Waals surface area contributed by atoms with Gasteiger partial charge in [0.2, 0.25) is 0 Å². The fourth-order valence-corrected chi connectivity index (χ4v) is 4.53. The van der Waals surface area contributed by atoms with Crippen LogP contribution in [0.5, 0.6) is 0 Å². The van der Waals surface area contributed by atoms with Crippen LogP contribution in [-0.2, 0) is 9.53 Å². The summed E-state index contributed by atoms with van der Waals surface area (Å²) in [4.78, 5) is 30.9. The quantitative estimate of drug-likeness (QED) is 0.607. The molecule has 3 aromatic rings. The number of halogens is 1. The third kappa shape index (κ3) is 3.57. The van der Waals surface area contributed by atoms with E-state index in [2.05, 4.69) is 4.99 Å². The van der Waals surface area contributed by atoms with E-state index in [1.807, 2.05) is 42.5 Å². The van der Waals surface area contributed by atoms with Gasteiger partial charge in [-0.15, -0.1) is 0 Å². The van der Waals surface area contributed by atoms with Gasteiger partial charge in [-0.1, -0.05) is 65.4 Å². The van der Waals surface area contributed by atoms with Crippen molar-refractivity contribution in [3.63, 3.8) is 0 Å². The molecule has 0 spiro atoms. The Bertz CT molecular complexity index is 1290. The van der Waals surface area contributed by atoms with Crippen molar-refractivity contribution in [1.29, 1.82) is 0 Å². The molecular formula is C22H17ClN2O3S. The Hall–Kier alpha value is -2.96. The highest BCUT2D eigenvalue weighted by Crippen LogP contribution is 2.30. The summed E-state index contributed by atoms with van der Waals surface area (Å²) in [7, 11) is 1.33. The number of nitrogens with zero attached hydrogens (tertiary/aromatic N) is 2. The molecule has 146 valence electrons. The average Bonchev–Trinajstić information content (AvgIpc) is 3.03. The number of aromatic nitrogens is 1. The molecule has 0 bridgehead atoms. The minimum absolute atomic E-state index is 0.202. The largest absolute Gasteiger partial charge is 0.466 e. The molecule has 1 aliphatic rings.